The topological polar surface area (TPSA) is 36.4 Å². The van der Waals surface area contributed by atoms with Gasteiger partial charge in [-0.1, -0.05) is 0 Å². The van der Waals surface area contributed by atoms with Crippen LogP contribution < -0.4 is 4.31 Å². The Kier molecular flexibility index (Phi) is 4.50. The largest absolute Gasteiger partial charge is 0.383 e. The first kappa shape index (κ1) is 13.7. The van der Waals surface area contributed by atoms with E-state index in [9.17, 15) is 4.79 Å². The number of aromatic nitrogens is 1. The number of Topliss-reactive ketones (excluding diaryl/α,β-unsaturated/α-hetero) is 1. The maximum atomic E-state index is 12.5. The summed E-state index contributed by atoms with van der Waals surface area (Å²) in [6.07, 6.45) is 6.04. The molecule has 2 heterocycles. The van der Waals surface area contributed by atoms with Crippen molar-refractivity contribution in [3.63, 3.8) is 0 Å². The van der Waals surface area contributed by atoms with Crippen LogP contribution in [0.3, 0.4) is 0 Å². The summed E-state index contributed by atoms with van der Waals surface area (Å²) in [6.45, 7) is 0.829. The number of carbonyl (C=O) groups is 1. The number of hydrogen-bond donors (Lipinski definition) is 0. The van der Waals surface area contributed by atoms with Gasteiger partial charge in [0, 0.05) is 75.1 Å². The third-order valence-corrected chi connectivity index (χ3v) is 4.66. The minimum Gasteiger partial charge on any atom is -0.383 e. The zero-order valence-electron chi connectivity index (χ0n) is 10.3. The molecule has 0 spiro atoms. The monoisotopic (exact) mass is 375 g/mol. The van der Waals surface area contributed by atoms with Crippen LogP contribution in [0.2, 0.25) is 0 Å². The van der Waals surface area contributed by atoms with E-state index in [2.05, 4.69) is 30.5 Å². The number of halogens is 1. The molecular weight excluding hydrogens is 361 g/mol. The summed E-state index contributed by atoms with van der Waals surface area (Å²) in [7, 11) is 5.47. The minimum atomic E-state index is 0.0831. The molecule has 0 amide bonds. The molecule has 0 bridgehead atoms. The Morgan fingerprint density at radius 3 is 3.00 bits per heavy atom. The number of hydrogen-bond acceptors (Lipinski definition) is 5. The van der Waals surface area contributed by atoms with Crippen LogP contribution >= 0.6 is 30.3 Å². The van der Waals surface area contributed by atoms with E-state index >= 15 is 0 Å². The molecule has 0 N–H and O–H groups in total. The lowest BCUT2D eigenvalue weighted by molar-refractivity contribution is 0.103. The third kappa shape index (κ3) is 2.80. The van der Waals surface area contributed by atoms with Crippen LogP contribution in [-0.4, -0.2) is 36.3 Å². The Morgan fingerprint density at radius 2 is 2.33 bits per heavy atom. The molecule has 6 heteroatoms. The average molecular weight is 375 g/mol. The zero-order valence-corrected chi connectivity index (χ0v) is 13.2. The van der Waals surface area contributed by atoms with Crippen molar-refractivity contribution in [2.75, 3.05) is 24.9 Å². The van der Waals surface area contributed by atoms with E-state index in [-0.39, 0.29) is 5.78 Å². The smallest absolute Gasteiger partial charge is 0.194 e. The maximum absolute atomic E-state index is 12.5. The molecule has 1 aromatic rings. The second kappa shape index (κ2) is 5.92. The van der Waals surface area contributed by atoms with E-state index in [0.29, 0.717) is 5.56 Å². The van der Waals surface area contributed by atoms with Gasteiger partial charge in [0.1, 0.15) is 0 Å². The lowest BCUT2D eigenvalue weighted by atomic mass is 10.0. The van der Waals surface area contributed by atoms with Crippen LogP contribution in [0.1, 0.15) is 16.8 Å². The number of fused-ring (bicyclic) bond motifs is 1. The van der Waals surface area contributed by atoms with Gasteiger partial charge in [0.05, 0.1) is 11.3 Å². The van der Waals surface area contributed by atoms with Crippen molar-refractivity contribution in [3.05, 3.63) is 35.8 Å². The summed E-state index contributed by atoms with van der Waals surface area (Å²) in [4.78, 5) is 18.4. The highest BCUT2D eigenvalue weighted by Gasteiger charge is 2.24. The molecule has 1 aliphatic heterocycles. The molecule has 0 saturated heterocycles. The normalized spacial score (nSPS) is 17.6. The molecule has 1 aliphatic rings. The summed E-state index contributed by atoms with van der Waals surface area (Å²) in [6, 6.07) is 1.90. The van der Waals surface area contributed by atoms with Gasteiger partial charge in [-0.05, 0) is 12.5 Å². The molecule has 0 fully saturated rings. The van der Waals surface area contributed by atoms with Crippen LogP contribution in [0.4, 0.5) is 5.69 Å². The summed E-state index contributed by atoms with van der Waals surface area (Å²) >= 11 is 2.24. The first-order chi connectivity index (χ1) is 8.63. The first-order valence-corrected chi connectivity index (χ1v) is 8.87. The fraction of sp³-hybridized carbons (Fsp3) is 0.333. The molecule has 4 nitrogen and oxygen atoms in total. The number of rotatable bonds is 2. The number of ketones is 1. The van der Waals surface area contributed by atoms with Crippen LogP contribution in [0.5, 0.6) is 0 Å². The molecule has 0 radical (unpaired) electrons. The quantitative estimate of drug-likeness (QED) is 0.451. The summed E-state index contributed by atoms with van der Waals surface area (Å²) in [5.41, 5.74) is 2.48. The molecule has 0 aliphatic carbocycles. The summed E-state index contributed by atoms with van der Waals surface area (Å²) in [5.74, 6) is 0.0831. The minimum absolute atomic E-state index is 0.0831. The Bertz CT molecular complexity index is 490. The highest BCUT2D eigenvalue weighted by Crippen LogP contribution is 2.34. The van der Waals surface area contributed by atoms with E-state index in [1.54, 1.807) is 21.5 Å². The van der Waals surface area contributed by atoms with Crippen molar-refractivity contribution < 1.29 is 4.79 Å². The Labute approximate surface area is 123 Å². The molecule has 0 aromatic carbocycles. The lowest BCUT2D eigenvalue weighted by Crippen LogP contribution is -2.13. The number of pyridine rings is 1. The van der Waals surface area contributed by atoms with Crippen molar-refractivity contribution in [3.8, 4) is 0 Å². The van der Waals surface area contributed by atoms with Crippen molar-refractivity contribution in [1.82, 2.24) is 9.88 Å². The molecule has 0 unspecified atom stereocenters. The SMILES string of the molecule is CN(C)/C=C1/CCN(SI)c2ccncc2C1=O. The van der Waals surface area contributed by atoms with Crippen LogP contribution in [-0.2, 0) is 0 Å². The number of nitrogens with zero attached hydrogens (tertiary/aromatic N) is 3. The third-order valence-electron chi connectivity index (χ3n) is 2.68. The molecule has 18 heavy (non-hydrogen) atoms. The van der Waals surface area contributed by atoms with Gasteiger partial charge in [-0.15, -0.1) is 0 Å². The average Bonchev–Trinajstić information content (AvgIpc) is 2.49. The van der Waals surface area contributed by atoms with Crippen molar-refractivity contribution in [2.45, 2.75) is 6.42 Å². The second-order valence-electron chi connectivity index (χ2n) is 4.26. The molecule has 0 saturated carbocycles. The lowest BCUT2D eigenvalue weighted by Gasteiger charge is -2.18. The fourth-order valence-electron chi connectivity index (χ4n) is 1.92. The standard InChI is InChI=1S/C12H14IN3OS/c1-15(2)8-9-4-6-16(18-13)11-3-5-14-7-10(11)12(9)17/h3,5,7-8H,4,6H2,1-2H3/b9-8-. The van der Waals surface area contributed by atoms with Gasteiger partial charge < -0.3 is 9.21 Å². The van der Waals surface area contributed by atoms with Gasteiger partial charge in [-0.25, -0.2) is 0 Å². The highest BCUT2D eigenvalue weighted by atomic mass is 127. The Balaban J connectivity index is 2.47. The van der Waals surface area contributed by atoms with Crippen LogP contribution in [0.15, 0.2) is 30.2 Å². The molecule has 1 aromatic heterocycles. The molecular formula is C12H14IN3OS. The van der Waals surface area contributed by atoms with E-state index in [4.69, 9.17) is 0 Å². The highest BCUT2D eigenvalue weighted by molar-refractivity contribution is 14.2. The second-order valence-corrected chi connectivity index (χ2v) is 6.02. The molecule has 2 rings (SSSR count). The van der Waals surface area contributed by atoms with Crippen LogP contribution in [0.25, 0.3) is 0 Å². The summed E-state index contributed by atoms with van der Waals surface area (Å²) in [5, 5.41) is 0. The van der Waals surface area contributed by atoms with Crippen molar-refractivity contribution in [2.24, 2.45) is 0 Å². The Hall–Kier alpha value is -0.760. The maximum Gasteiger partial charge on any atom is 0.194 e. The van der Waals surface area contributed by atoms with Gasteiger partial charge in [0.25, 0.3) is 0 Å². The van der Waals surface area contributed by atoms with Crippen molar-refractivity contribution >= 4 is 41.8 Å². The van der Waals surface area contributed by atoms with Crippen LogP contribution in [0, 0.1) is 0 Å². The Morgan fingerprint density at radius 1 is 1.56 bits per heavy atom. The number of anilines is 1. The van der Waals surface area contributed by atoms with E-state index in [0.717, 1.165) is 24.2 Å². The van der Waals surface area contributed by atoms with Gasteiger partial charge in [0.15, 0.2) is 5.78 Å². The van der Waals surface area contributed by atoms with E-state index in [1.807, 2.05) is 31.3 Å². The molecule has 96 valence electrons. The summed E-state index contributed by atoms with van der Waals surface area (Å²) < 4.78 is 2.13. The predicted octanol–water partition coefficient (Wildman–Crippen LogP) is 2.92. The zero-order chi connectivity index (χ0) is 13.1. The van der Waals surface area contributed by atoms with E-state index in [1.165, 1.54) is 0 Å². The van der Waals surface area contributed by atoms with Crippen molar-refractivity contribution in [1.29, 1.82) is 0 Å². The molecule has 0 atom stereocenters. The van der Waals surface area contributed by atoms with Gasteiger partial charge in [-0.3, -0.25) is 9.78 Å². The van der Waals surface area contributed by atoms with Gasteiger partial charge in [-0.2, -0.15) is 0 Å². The fourth-order valence-corrected chi connectivity index (χ4v) is 3.54. The predicted molar refractivity (Wildman–Crippen MR) is 83.9 cm³/mol. The van der Waals surface area contributed by atoms with Gasteiger partial charge >= 0.3 is 0 Å². The number of carbonyl (C=O) groups excluding carboxylic acids is 1. The first-order valence-electron chi connectivity index (χ1n) is 5.55. The van der Waals surface area contributed by atoms with E-state index < -0.39 is 0 Å². The van der Waals surface area contributed by atoms with Gasteiger partial charge in [0.2, 0.25) is 0 Å².